The van der Waals surface area contributed by atoms with Crippen LogP contribution in [0.4, 0.5) is 11.4 Å². The summed E-state index contributed by atoms with van der Waals surface area (Å²) in [5.41, 5.74) is 3.65. The number of aromatic amines is 1. The highest BCUT2D eigenvalue weighted by molar-refractivity contribution is 7.92. The van der Waals surface area contributed by atoms with Crippen molar-refractivity contribution in [2.24, 2.45) is 7.05 Å². The van der Waals surface area contributed by atoms with Crippen LogP contribution in [0.5, 0.6) is 23.0 Å². The van der Waals surface area contributed by atoms with Gasteiger partial charge in [-0.25, -0.2) is 13.4 Å². The van der Waals surface area contributed by atoms with E-state index >= 15 is 0 Å². The first-order valence-corrected chi connectivity index (χ1v) is 23.7. The van der Waals surface area contributed by atoms with Gasteiger partial charge in [0.25, 0.3) is 11.5 Å². The van der Waals surface area contributed by atoms with Gasteiger partial charge in [0.2, 0.25) is 10.0 Å². The topological polar surface area (TPSA) is 190 Å². The minimum Gasteiger partial charge on any atom is -0.491 e. The van der Waals surface area contributed by atoms with Gasteiger partial charge in [-0.15, -0.1) is 0 Å². The Kier molecular flexibility index (Phi) is 13.9. The maximum atomic E-state index is 13.1. The van der Waals surface area contributed by atoms with E-state index < -0.39 is 10.0 Å². The van der Waals surface area contributed by atoms with Crippen LogP contribution in [0.1, 0.15) is 61.5 Å². The number of nitrogens with zero attached hydrogens (tertiary/aromatic N) is 4. The quantitative estimate of drug-likeness (QED) is 0.0794. The van der Waals surface area contributed by atoms with Crippen molar-refractivity contribution < 1.29 is 32.2 Å². The van der Waals surface area contributed by atoms with E-state index in [4.69, 9.17) is 35.8 Å². The highest BCUT2D eigenvalue weighted by Gasteiger charge is 2.26. The van der Waals surface area contributed by atoms with Gasteiger partial charge in [-0.2, -0.15) is 5.26 Å². The van der Waals surface area contributed by atoms with E-state index in [0.717, 1.165) is 57.3 Å². The predicted octanol–water partition coefficient (Wildman–Crippen LogP) is 8.19. The molecule has 338 valence electrons. The van der Waals surface area contributed by atoms with E-state index in [2.05, 4.69) is 31.0 Å². The zero-order valence-electron chi connectivity index (χ0n) is 36.1. The second-order valence-corrected chi connectivity index (χ2v) is 18.6. The average molecular weight is 920 g/mol. The van der Waals surface area contributed by atoms with Gasteiger partial charge in [-0.3, -0.25) is 14.3 Å². The van der Waals surface area contributed by atoms with Gasteiger partial charge < -0.3 is 38.7 Å². The fourth-order valence-corrected chi connectivity index (χ4v) is 9.02. The van der Waals surface area contributed by atoms with Crippen LogP contribution in [0.2, 0.25) is 5.02 Å². The molecule has 3 aromatic carbocycles. The number of hydrogen-bond donors (Lipinski definition) is 3. The van der Waals surface area contributed by atoms with E-state index in [1.165, 1.54) is 4.57 Å². The lowest BCUT2D eigenvalue weighted by Crippen LogP contribution is -2.40. The van der Waals surface area contributed by atoms with Gasteiger partial charge in [0.15, 0.2) is 0 Å². The number of ether oxygens (including phenoxy) is 4. The predicted molar refractivity (Wildman–Crippen MR) is 250 cm³/mol. The Morgan fingerprint density at radius 1 is 0.923 bits per heavy atom. The molecule has 65 heavy (non-hydrogen) atoms. The number of amides is 1. The van der Waals surface area contributed by atoms with Crippen LogP contribution in [0.3, 0.4) is 0 Å². The zero-order chi connectivity index (χ0) is 45.5. The second kappa shape index (κ2) is 20.1. The fraction of sp³-hybridized carbons (Fsp3) is 0.333. The van der Waals surface area contributed by atoms with Gasteiger partial charge in [0.05, 0.1) is 47.0 Å². The first-order chi connectivity index (χ1) is 31.4. The lowest BCUT2D eigenvalue weighted by atomic mass is 9.92. The number of fused-ring (bicyclic) bond motifs is 1. The summed E-state index contributed by atoms with van der Waals surface area (Å²) in [5, 5.41) is 13.3. The number of carbonyl (C=O) groups is 1. The fourth-order valence-electron chi connectivity index (χ4n) is 8.18. The Hall–Kier alpha value is -6.54. The molecule has 2 fully saturated rings. The van der Waals surface area contributed by atoms with Crippen molar-refractivity contribution in [2.45, 2.75) is 63.7 Å². The summed E-state index contributed by atoms with van der Waals surface area (Å²) in [6, 6.07) is 25.0. The van der Waals surface area contributed by atoms with Crippen molar-refractivity contribution >= 4 is 49.8 Å². The molecule has 1 amide bonds. The van der Waals surface area contributed by atoms with Crippen molar-refractivity contribution in [3.63, 3.8) is 0 Å². The third kappa shape index (κ3) is 11.1. The Morgan fingerprint density at radius 2 is 1.72 bits per heavy atom. The van der Waals surface area contributed by atoms with Crippen LogP contribution in [0, 0.1) is 11.3 Å². The first kappa shape index (κ1) is 45.0. The molecule has 1 aliphatic carbocycles. The van der Waals surface area contributed by atoms with Crippen LogP contribution in [-0.2, 0) is 21.8 Å². The highest BCUT2D eigenvalue weighted by atomic mass is 35.5. The highest BCUT2D eigenvalue weighted by Crippen LogP contribution is 2.39. The first-order valence-electron chi connectivity index (χ1n) is 21.7. The maximum Gasteiger partial charge on any atom is 0.274 e. The minimum atomic E-state index is -3.55. The Balaban J connectivity index is 0.787. The summed E-state index contributed by atoms with van der Waals surface area (Å²) in [6.07, 6.45) is 10.1. The molecular formula is C48H50ClN7O8S. The number of halogens is 1. The van der Waals surface area contributed by atoms with Crippen molar-refractivity contribution in [1.82, 2.24) is 19.9 Å². The third-order valence-corrected chi connectivity index (χ3v) is 13.3. The molecule has 1 saturated carbocycles. The van der Waals surface area contributed by atoms with Gasteiger partial charge >= 0.3 is 0 Å². The number of hydrogen-bond acceptors (Lipinski definition) is 11. The van der Waals surface area contributed by atoms with Crippen LogP contribution in [0.15, 0.2) is 102 Å². The second-order valence-electron chi connectivity index (χ2n) is 16.1. The summed E-state index contributed by atoms with van der Waals surface area (Å²) < 4.78 is 53.7. The number of carbonyl (C=O) groups excluding carboxylic acids is 1. The molecule has 0 radical (unpaired) electrons. The number of benzene rings is 3. The van der Waals surface area contributed by atoms with Gasteiger partial charge in [-0.1, -0.05) is 17.7 Å². The molecular weight excluding hydrogens is 870 g/mol. The molecule has 17 heteroatoms. The molecule has 6 aromatic rings. The lowest BCUT2D eigenvalue weighted by molar-refractivity contribution is 0.0202. The van der Waals surface area contributed by atoms with Crippen LogP contribution >= 0.6 is 11.6 Å². The van der Waals surface area contributed by atoms with E-state index in [9.17, 15) is 18.0 Å². The number of nitrogens with one attached hydrogen (secondary N) is 3. The number of nitriles is 1. The Morgan fingerprint density at radius 3 is 2.46 bits per heavy atom. The molecule has 3 aromatic heterocycles. The monoisotopic (exact) mass is 919 g/mol. The zero-order valence-corrected chi connectivity index (χ0v) is 37.7. The summed E-state index contributed by atoms with van der Waals surface area (Å²) in [4.78, 5) is 35.7. The number of aromatic nitrogens is 3. The maximum absolute atomic E-state index is 13.1. The van der Waals surface area contributed by atoms with Gasteiger partial charge in [0.1, 0.15) is 46.9 Å². The van der Waals surface area contributed by atoms with Crippen LogP contribution in [-0.4, -0.2) is 79.2 Å². The number of sulfonamides is 1. The molecule has 4 heterocycles. The SMILES string of the molecule is CCS(=O)(=O)Nc1ccc(Oc2cccc(OCCOC3CCN(c4ccc(C(=O)NC5CCC(Oc6ccc(C#N)c(Cl)c6)CC5)nc4)CC3)c2)c(-c2cn(C)c(=O)c3[nH]ccc23)c1. The third-order valence-electron chi connectivity index (χ3n) is 11.7. The lowest BCUT2D eigenvalue weighted by Gasteiger charge is -2.33. The van der Waals surface area contributed by atoms with Crippen molar-refractivity contribution in [2.75, 3.05) is 41.7 Å². The standard InChI is InChI=1S/C48H50ClN7O8S/c1-3-65(59,60)54-33-10-16-45(41(25-33)42-30-55(2)48(58)46-40(42)17-20-51-46)64-38-6-4-5-37(26-38)62-24-23-61-35-18-21-56(22-19-35)34-11-15-44(52-29-34)47(57)53-32-8-13-36(14-9-32)63-39-12-7-31(28-50)43(49)27-39/h4-7,10-12,15-17,20,25-27,29-30,32,35-36,51,54H,3,8-9,13-14,18-19,21-24H2,1-2H3,(H,53,57). The van der Waals surface area contributed by atoms with E-state index in [1.807, 2.05) is 24.3 Å². The number of anilines is 2. The molecule has 0 spiro atoms. The van der Waals surface area contributed by atoms with Gasteiger partial charge in [-0.05, 0) is 106 Å². The van der Waals surface area contributed by atoms with Crippen molar-refractivity contribution in [3.05, 3.63) is 124 Å². The molecule has 2 aliphatic rings. The molecule has 1 aliphatic heterocycles. The number of pyridine rings is 2. The Labute approximate surface area is 382 Å². The van der Waals surface area contributed by atoms with E-state index in [-0.39, 0.29) is 35.5 Å². The summed E-state index contributed by atoms with van der Waals surface area (Å²) in [7, 11) is -1.88. The van der Waals surface area contributed by atoms with Crippen molar-refractivity contribution in [1.29, 1.82) is 5.26 Å². The molecule has 15 nitrogen and oxygen atoms in total. The number of H-pyrrole nitrogens is 1. The average Bonchev–Trinajstić information content (AvgIpc) is 3.81. The molecule has 3 N–H and O–H groups in total. The smallest absolute Gasteiger partial charge is 0.274 e. The molecule has 0 bridgehead atoms. The minimum absolute atomic E-state index is 0.0183. The molecule has 8 rings (SSSR count). The van der Waals surface area contributed by atoms with Crippen LogP contribution in [0.25, 0.3) is 22.0 Å². The molecule has 0 atom stereocenters. The molecule has 1 saturated heterocycles. The number of piperidine rings is 1. The molecule has 0 unspecified atom stereocenters. The van der Waals surface area contributed by atoms with E-state index in [0.29, 0.717) is 80.2 Å². The summed E-state index contributed by atoms with van der Waals surface area (Å²) in [5.74, 6) is 1.93. The summed E-state index contributed by atoms with van der Waals surface area (Å²) >= 11 is 6.16. The largest absolute Gasteiger partial charge is 0.491 e. The number of rotatable bonds is 16. The van der Waals surface area contributed by atoms with Gasteiger partial charge in [0, 0.05) is 72.9 Å². The Bertz CT molecular complexity index is 2860. The van der Waals surface area contributed by atoms with Crippen molar-refractivity contribution in [3.8, 4) is 40.2 Å². The van der Waals surface area contributed by atoms with Crippen LogP contribution < -0.4 is 34.7 Å². The summed E-state index contributed by atoms with van der Waals surface area (Å²) in [6.45, 7) is 3.89. The number of aryl methyl sites for hydroxylation is 1. The normalized spacial score (nSPS) is 16.7. The van der Waals surface area contributed by atoms with E-state index in [1.54, 1.807) is 87.2 Å².